The number of carbonyl (C=O) groups is 2. The molecule has 0 unspecified atom stereocenters. The van der Waals surface area contributed by atoms with Crippen LogP contribution in [-0.4, -0.2) is 44.8 Å². The molecular formula is C21H25N3O4S. The van der Waals surface area contributed by atoms with Crippen LogP contribution in [0.1, 0.15) is 37.0 Å². The Bertz CT molecular complexity index is 999. The van der Waals surface area contributed by atoms with E-state index in [-0.39, 0.29) is 16.7 Å². The maximum atomic E-state index is 12.7. The molecule has 1 fully saturated rings. The number of anilines is 2. The molecule has 0 aromatic heterocycles. The largest absolute Gasteiger partial charge is 0.339 e. The number of rotatable bonds is 7. The molecule has 29 heavy (non-hydrogen) atoms. The number of carbonyl (C=O) groups excluding carboxylic acids is 2. The van der Waals surface area contributed by atoms with Gasteiger partial charge in [-0.15, -0.1) is 0 Å². The molecule has 0 aliphatic carbocycles. The molecule has 2 aromatic carbocycles. The lowest BCUT2D eigenvalue weighted by Gasteiger charge is -2.19. The second kappa shape index (κ2) is 8.65. The summed E-state index contributed by atoms with van der Waals surface area (Å²) in [5, 5.41) is 0. The maximum Gasteiger partial charge on any atom is 0.261 e. The third-order valence-electron chi connectivity index (χ3n) is 4.94. The molecule has 1 aliphatic heterocycles. The van der Waals surface area contributed by atoms with Crippen molar-refractivity contribution in [2.45, 2.75) is 31.6 Å². The number of sulfonamides is 1. The van der Waals surface area contributed by atoms with E-state index in [4.69, 9.17) is 0 Å². The first-order valence-corrected chi connectivity index (χ1v) is 11.2. The third-order valence-corrected chi connectivity index (χ3v) is 6.34. The predicted octanol–water partition coefficient (Wildman–Crippen LogP) is 3.10. The molecule has 1 saturated heterocycles. The van der Waals surface area contributed by atoms with Gasteiger partial charge in [0, 0.05) is 43.0 Å². The van der Waals surface area contributed by atoms with Crippen LogP contribution in [0.15, 0.2) is 53.4 Å². The minimum Gasteiger partial charge on any atom is -0.339 e. The number of nitrogens with one attached hydrogen (secondary N) is 1. The topological polar surface area (TPSA) is 86.8 Å². The van der Waals surface area contributed by atoms with Gasteiger partial charge < -0.3 is 9.80 Å². The Morgan fingerprint density at radius 1 is 1.10 bits per heavy atom. The summed E-state index contributed by atoms with van der Waals surface area (Å²) in [7, 11) is -3.82. The van der Waals surface area contributed by atoms with Crippen molar-refractivity contribution in [3.05, 3.63) is 54.1 Å². The molecule has 2 aromatic rings. The van der Waals surface area contributed by atoms with Gasteiger partial charge in [-0.1, -0.05) is 6.07 Å². The molecule has 7 nitrogen and oxygen atoms in total. The van der Waals surface area contributed by atoms with Gasteiger partial charge in [0.05, 0.1) is 4.90 Å². The summed E-state index contributed by atoms with van der Waals surface area (Å²) in [6.45, 7) is 5.60. The van der Waals surface area contributed by atoms with Crippen molar-refractivity contribution < 1.29 is 18.0 Å². The smallest absolute Gasteiger partial charge is 0.261 e. The predicted molar refractivity (Wildman–Crippen MR) is 113 cm³/mol. The first-order chi connectivity index (χ1) is 13.9. The minimum absolute atomic E-state index is 0.0495. The van der Waals surface area contributed by atoms with E-state index in [0.717, 1.165) is 6.42 Å². The van der Waals surface area contributed by atoms with Gasteiger partial charge in [0.1, 0.15) is 0 Å². The maximum absolute atomic E-state index is 12.7. The lowest BCUT2D eigenvalue weighted by atomic mass is 10.2. The summed E-state index contributed by atoms with van der Waals surface area (Å²) >= 11 is 0. The van der Waals surface area contributed by atoms with E-state index in [2.05, 4.69) is 4.72 Å². The Labute approximate surface area is 171 Å². The summed E-state index contributed by atoms with van der Waals surface area (Å²) in [4.78, 5) is 27.8. The highest BCUT2D eigenvalue weighted by molar-refractivity contribution is 7.92. The highest BCUT2D eigenvalue weighted by Gasteiger charge is 2.22. The van der Waals surface area contributed by atoms with Crippen molar-refractivity contribution in [3.63, 3.8) is 0 Å². The van der Waals surface area contributed by atoms with Crippen LogP contribution >= 0.6 is 0 Å². The van der Waals surface area contributed by atoms with Crippen LogP contribution in [0.5, 0.6) is 0 Å². The second-order valence-corrected chi connectivity index (χ2v) is 8.49. The zero-order chi connectivity index (χ0) is 21.0. The van der Waals surface area contributed by atoms with Crippen molar-refractivity contribution >= 4 is 33.2 Å². The summed E-state index contributed by atoms with van der Waals surface area (Å²) in [5.74, 6) is -0.0934. The van der Waals surface area contributed by atoms with Gasteiger partial charge in [-0.2, -0.15) is 0 Å². The molecule has 0 saturated carbocycles. The lowest BCUT2D eigenvalue weighted by Crippen LogP contribution is -2.30. The molecule has 1 N–H and O–H groups in total. The fourth-order valence-electron chi connectivity index (χ4n) is 3.35. The standard InChI is InChI=1S/C21H25N3O4S/c1-3-23(4-2)21(26)16-7-5-8-17(15-16)22-29(27,28)19-12-10-18(11-13-19)24-14-6-9-20(24)25/h5,7-8,10-13,15,22H,3-4,6,9,14H2,1-2H3. The average molecular weight is 416 g/mol. The quantitative estimate of drug-likeness (QED) is 0.753. The fourth-order valence-corrected chi connectivity index (χ4v) is 4.40. The van der Waals surface area contributed by atoms with Crippen LogP contribution in [0, 0.1) is 0 Å². The number of nitrogens with zero attached hydrogens (tertiary/aromatic N) is 2. The molecule has 0 radical (unpaired) electrons. The molecule has 154 valence electrons. The van der Waals surface area contributed by atoms with E-state index in [0.29, 0.717) is 43.0 Å². The van der Waals surface area contributed by atoms with Crippen LogP contribution in [0.2, 0.25) is 0 Å². The van der Waals surface area contributed by atoms with Crippen LogP contribution < -0.4 is 9.62 Å². The van der Waals surface area contributed by atoms with E-state index in [1.54, 1.807) is 40.1 Å². The molecule has 0 bridgehead atoms. The van der Waals surface area contributed by atoms with E-state index >= 15 is 0 Å². The number of amides is 2. The van der Waals surface area contributed by atoms with E-state index in [1.165, 1.54) is 18.2 Å². The minimum atomic E-state index is -3.82. The van der Waals surface area contributed by atoms with Crippen LogP contribution in [-0.2, 0) is 14.8 Å². The lowest BCUT2D eigenvalue weighted by molar-refractivity contribution is -0.117. The molecule has 0 atom stereocenters. The number of hydrogen-bond donors (Lipinski definition) is 1. The number of benzene rings is 2. The van der Waals surface area contributed by atoms with Gasteiger partial charge in [0.25, 0.3) is 15.9 Å². The first-order valence-electron chi connectivity index (χ1n) is 9.68. The van der Waals surface area contributed by atoms with Gasteiger partial charge in [-0.05, 0) is 62.7 Å². The van der Waals surface area contributed by atoms with Gasteiger partial charge >= 0.3 is 0 Å². The highest BCUT2D eigenvalue weighted by atomic mass is 32.2. The molecular weight excluding hydrogens is 390 g/mol. The van der Waals surface area contributed by atoms with Gasteiger partial charge in [-0.25, -0.2) is 8.42 Å². The van der Waals surface area contributed by atoms with Crippen LogP contribution in [0.3, 0.4) is 0 Å². The van der Waals surface area contributed by atoms with Crippen molar-refractivity contribution in [1.29, 1.82) is 0 Å². The van der Waals surface area contributed by atoms with Crippen LogP contribution in [0.4, 0.5) is 11.4 Å². The SMILES string of the molecule is CCN(CC)C(=O)c1cccc(NS(=O)(=O)c2ccc(N3CCCC3=O)cc2)c1. The summed E-state index contributed by atoms with van der Waals surface area (Å²) < 4.78 is 28.0. The normalized spacial score (nSPS) is 14.1. The van der Waals surface area contributed by atoms with Crippen molar-refractivity contribution in [3.8, 4) is 0 Å². The third kappa shape index (κ3) is 4.59. The Morgan fingerprint density at radius 2 is 1.79 bits per heavy atom. The highest BCUT2D eigenvalue weighted by Crippen LogP contribution is 2.24. The fraction of sp³-hybridized carbons (Fsp3) is 0.333. The molecule has 1 heterocycles. The van der Waals surface area contributed by atoms with E-state index in [1.807, 2.05) is 13.8 Å². The number of hydrogen-bond acceptors (Lipinski definition) is 4. The van der Waals surface area contributed by atoms with Gasteiger partial charge in [0.15, 0.2) is 0 Å². The molecule has 8 heteroatoms. The van der Waals surface area contributed by atoms with Crippen LogP contribution in [0.25, 0.3) is 0 Å². The monoisotopic (exact) mass is 415 g/mol. The zero-order valence-electron chi connectivity index (χ0n) is 16.6. The second-order valence-electron chi connectivity index (χ2n) is 6.81. The Morgan fingerprint density at radius 3 is 2.38 bits per heavy atom. The Balaban J connectivity index is 1.78. The molecule has 0 spiro atoms. The summed E-state index contributed by atoms with van der Waals surface area (Å²) in [5.41, 5.74) is 1.44. The van der Waals surface area contributed by atoms with Crippen molar-refractivity contribution in [1.82, 2.24) is 4.90 Å². The van der Waals surface area contributed by atoms with E-state index in [9.17, 15) is 18.0 Å². The molecule has 2 amide bonds. The molecule has 3 rings (SSSR count). The van der Waals surface area contributed by atoms with Gasteiger partial charge in [-0.3, -0.25) is 14.3 Å². The Kier molecular flexibility index (Phi) is 6.22. The summed E-state index contributed by atoms with van der Waals surface area (Å²) in [6, 6.07) is 12.7. The van der Waals surface area contributed by atoms with Crippen molar-refractivity contribution in [2.75, 3.05) is 29.3 Å². The average Bonchev–Trinajstić information content (AvgIpc) is 3.14. The van der Waals surface area contributed by atoms with Crippen molar-refractivity contribution in [2.24, 2.45) is 0 Å². The van der Waals surface area contributed by atoms with E-state index < -0.39 is 10.0 Å². The summed E-state index contributed by atoms with van der Waals surface area (Å²) in [6.07, 6.45) is 1.33. The van der Waals surface area contributed by atoms with Gasteiger partial charge in [0.2, 0.25) is 5.91 Å². The zero-order valence-corrected chi connectivity index (χ0v) is 17.4. The Hall–Kier alpha value is -2.87. The first kappa shape index (κ1) is 20.9. The molecule has 1 aliphatic rings.